The number of hydrogen-bond acceptors (Lipinski definition) is 4. The van der Waals surface area contributed by atoms with Crippen molar-refractivity contribution in [3.05, 3.63) is 12.2 Å². The maximum atomic E-state index is 4.94. The van der Waals surface area contributed by atoms with Gasteiger partial charge in [-0.1, -0.05) is 0 Å². The summed E-state index contributed by atoms with van der Waals surface area (Å²) in [4.78, 5) is 4.14. The summed E-state index contributed by atoms with van der Waals surface area (Å²) in [6.07, 6.45) is 3.65. The fourth-order valence-electron chi connectivity index (χ4n) is 1.17. The van der Waals surface area contributed by atoms with Crippen molar-refractivity contribution in [1.82, 2.24) is 20.1 Å². The highest BCUT2D eigenvalue weighted by molar-refractivity contribution is 4.81. The Hall–Kier alpha value is -0.940. The standard InChI is InChI=1S/C9H18N4O/c1-13-8-11-9(12-13)4-6-10-5-3-7-14-2/h8,10H,3-7H2,1-2H3. The fraction of sp³-hybridized carbons (Fsp3) is 0.778. The lowest BCUT2D eigenvalue weighted by molar-refractivity contribution is 0.194. The van der Waals surface area contributed by atoms with Gasteiger partial charge < -0.3 is 10.1 Å². The topological polar surface area (TPSA) is 52.0 Å². The molecule has 0 aliphatic rings. The van der Waals surface area contributed by atoms with E-state index in [0.29, 0.717) is 0 Å². The van der Waals surface area contributed by atoms with Crippen molar-refractivity contribution in [2.45, 2.75) is 12.8 Å². The van der Waals surface area contributed by atoms with Crippen LogP contribution >= 0.6 is 0 Å². The molecule has 14 heavy (non-hydrogen) atoms. The van der Waals surface area contributed by atoms with Gasteiger partial charge in [0.15, 0.2) is 5.82 Å². The zero-order valence-electron chi connectivity index (χ0n) is 8.86. The third-order valence-electron chi connectivity index (χ3n) is 1.87. The summed E-state index contributed by atoms with van der Waals surface area (Å²) < 4.78 is 6.66. The van der Waals surface area contributed by atoms with Crippen LogP contribution in [-0.4, -0.2) is 41.6 Å². The smallest absolute Gasteiger partial charge is 0.151 e. The van der Waals surface area contributed by atoms with Crippen molar-refractivity contribution in [2.24, 2.45) is 7.05 Å². The minimum absolute atomic E-state index is 0.814. The Morgan fingerprint density at radius 3 is 3.00 bits per heavy atom. The second kappa shape index (κ2) is 6.50. The van der Waals surface area contributed by atoms with Gasteiger partial charge in [0.25, 0.3) is 0 Å². The first-order chi connectivity index (χ1) is 6.83. The number of nitrogens with zero attached hydrogens (tertiary/aromatic N) is 3. The summed E-state index contributed by atoms with van der Waals surface area (Å²) in [5.41, 5.74) is 0. The maximum absolute atomic E-state index is 4.94. The van der Waals surface area contributed by atoms with E-state index < -0.39 is 0 Å². The van der Waals surface area contributed by atoms with Gasteiger partial charge >= 0.3 is 0 Å². The van der Waals surface area contributed by atoms with Gasteiger partial charge in [-0.3, -0.25) is 4.68 Å². The summed E-state index contributed by atoms with van der Waals surface area (Å²) in [5, 5.41) is 7.49. The van der Waals surface area contributed by atoms with Crippen LogP contribution in [0.15, 0.2) is 6.33 Å². The molecule has 5 heteroatoms. The summed E-state index contributed by atoms with van der Waals surface area (Å²) in [6.45, 7) is 2.73. The van der Waals surface area contributed by atoms with Crippen LogP contribution in [0, 0.1) is 0 Å². The van der Waals surface area contributed by atoms with Gasteiger partial charge in [0.2, 0.25) is 0 Å². The Balaban J connectivity index is 1.99. The molecule has 0 unspecified atom stereocenters. The zero-order valence-corrected chi connectivity index (χ0v) is 8.86. The minimum Gasteiger partial charge on any atom is -0.385 e. The average Bonchev–Trinajstić information content (AvgIpc) is 2.58. The molecule has 0 amide bonds. The fourth-order valence-corrected chi connectivity index (χ4v) is 1.17. The summed E-state index contributed by atoms with van der Waals surface area (Å²) in [6, 6.07) is 0. The Kier molecular flexibility index (Phi) is 5.17. The third kappa shape index (κ3) is 4.34. The van der Waals surface area contributed by atoms with Crippen LogP contribution in [0.3, 0.4) is 0 Å². The van der Waals surface area contributed by atoms with Gasteiger partial charge in [-0.2, -0.15) is 5.10 Å². The second-order valence-corrected chi connectivity index (χ2v) is 3.18. The number of aromatic nitrogens is 3. The summed E-state index contributed by atoms with van der Waals surface area (Å²) >= 11 is 0. The van der Waals surface area contributed by atoms with E-state index in [2.05, 4.69) is 15.4 Å². The number of methoxy groups -OCH3 is 1. The van der Waals surface area contributed by atoms with Crippen molar-refractivity contribution in [2.75, 3.05) is 26.8 Å². The minimum atomic E-state index is 0.814. The van der Waals surface area contributed by atoms with E-state index in [9.17, 15) is 0 Å². The van der Waals surface area contributed by atoms with Crippen molar-refractivity contribution in [3.63, 3.8) is 0 Å². The van der Waals surface area contributed by atoms with Crippen LogP contribution in [0.1, 0.15) is 12.2 Å². The first-order valence-corrected chi connectivity index (χ1v) is 4.87. The molecule has 0 spiro atoms. The highest BCUT2D eigenvalue weighted by atomic mass is 16.5. The van der Waals surface area contributed by atoms with Gasteiger partial charge in [-0.05, 0) is 13.0 Å². The van der Waals surface area contributed by atoms with E-state index in [1.807, 2.05) is 7.05 Å². The first kappa shape index (κ1) is 11.1. The van der Waals surface area contributed by atoms with E-state index >= 15 is 0 Å². The molecule has 0 saturated heterocycles. The van der Waals surface area contributed by atoms with Crippen molar-refractivity contribution in [3.8, 4) is 0 Å². The van der Waals surface area contributed by atoms with Crippen LogP contribution in [0.4, 0.5) is 0 Å². The average molecular weight is 198 g/mol. The largest absolute Gasteiger partial charge is 0.385 e. The monoisotopic (exact) mass is 198 g/mol. The lowest BCUT2D eigenvalue weighted by Gasteiger charge is -2.01. The second-order valence-electron chi connectivity index (χ2n) is 3.18. The molecule has 0 aromatic carbocycles. The summed E-state index contributed by atoms with van der Waals surface area (Å²) in [5.74, 6) is 0.895. The molecular weight excluding hydrogens is 180 g/mol. The molecule has 0 fully saturated rings. The van der Waals surface area contributed by atoms with Gasteiger partial charge in [-0.25, -0.2) is 4.98 Å². The molecule has 1 N–H and O–H groups in total. The van der Waals surface area contributed by atoms with Crippen LogP contribution in [-0.2, 0) is 18.2 Å². The zero-order chi connectivity index (χ0) is 10.2. The van der Waals surface area contributed by atoms with E-state index in [-0.39, 0.29) is 0 Å². The molecule has 0 bridgehead atoms. The molecule has 5 nitrogen and oxygen atoms in total. The maximum Gasteiger partial charge on any atom is 0.151 e. The normalized spacial score (nSPS) is 10.7. The van der Waals surface area contributed by atoms with E-state index in [4.69, 9.17) is 4.74 Å². The van der Waals surface area contributed by atoms with Gasteiger partial charge in [-0.15, -0.1) is 0 Å². The quantitative estimate of drug-likeness (QED) is 0.626. The molecule has 1 rings (SSSR count). The highest BCUT2D eigenvalue weighted by Crippen LogP contribution is 1.88. The van der Waals surface area contributed by atoms with Crippen molar-refractivity contribution in [1.29, 1.82) is 0 Å². The molecule has 1 aromatic rings. The van der Waals surface area contributed by atoms with Gasteiger partial charge in [0.1, 0.15) is 6.33 Å². The molecule has 1 heterocycles. The van der Waals surface area contributed by atoms with Crippen LogP contribution < -0.4 is 5.32 Å². The van der Waals surface area contributed by atoms with Crippen molar-refractivity contribution >= 4 is 0 Å². The number of ether oxygens (including phenoxy) is 1. The Morgan fingerprint density at radius 1 is 1.50 bits per heavy atom. The van der Waals surface area contributed by atoms with Gasteiger partial charge in [0.05, 0.1) is 0 Å². The molecular formula is C9H18N4O. The summed E-state index contributed by atoms with van der Waals surface area (Å²) in [7, 11) is 3.60. The molecule has 0 radical (unpaired) electrons. The van der Waals surface area contributed by atoms with Crippen LogP contribution in [0.5, 0.6) is 0 Å². The number of aryl methyl sites for hydroxylation is 1. The Bertz CT molecular complexity index is 249. The highest BCUT2D eigenvalue weighted by Gasteiger charge is 1.97. The number of hydrogen-bond donors (Lipinski definition) is 1. The Morgan fingerprint density at radius 2 is 2.36 bits per heavy atom. The predicted molar refractivity (Wildman–Crippen MR) is 54.1 cm³/mol. The molecule has 1 aromatic heterocycles. The molecule has 0 aliphatic heterocycles. The van der Waals surface area contributed by atoms with Crippen LogP contribution in [0.2, 0.25) is 0 Å². The number of rotatable bonds is 7. The third-order valence-corrected chi connectivity index (χ3v) is 1.87. The SMILES string of the molecule is COCCCNCCc1ncn(C)n1. The van der Waals surface area contributed by atoms with E-state index in [1.165, 1.54) is 0 Å². The predicted octanol–water partition coefficient (Wildman–Crippen LogP) is -0.0163. The lowest BCUT2D eigenvalue weighted by atomic mass is 10.4. The first-order valence-electron chi connectivity index (χ1n) is 4.87. The lowest BCUT2D eigenvalue weighted by Crippen LogP contribution is -2.20. The van der Waals surface area contributed by atoms with Crippen LogP contribution in [0.25, 0.3) is 0 Å². The van der Waals surface area contributed by atoms with E-state index in [1.54, 1.807) is 18.1 Å². The molecule has 0 saturated carbocycles. The van der Waals surface area contributed by atoms with Gasteiger partial charge in [0, 0.05) is 33.7 Å². The van der Waals surface area contributed by atoms with Crippen molar-refractivity contribution < 1.29 is 4.74 Å². The molecule has 0 aliphatic carbocycles. The van der Waals surface area contributed by atoms with E-state index in [0.717, 1.165) is 38.4 Å². The Labute approximate surface area is 84.5 Å². The molecule has 80 valence electrons. The number of nitrogens with one attached hydrogen (secondary N) is 1. The molecule has 0 atom stereocenters.